The average Bonchev–Trinajstić information content (AvgIpc) is 2.83. The fourth-order valence-corrected chi connectivity index (χ4v) is 4.36. The molecular formula is C26H27N3O2S. The number of benzene rings is 2. The van der Waals surface area contributed by atoms with Gasteiger partial charge < -0.3 is 4.74 Å². The molecule has 5 nitrogen and oxygen atoms in total. The quantitative estimate of drug-likeness (QED) is 0.335. The highest BCUT2D eigenvalue weighted by atomic mass is 32.2. The zero-order chi connectivity index (χ0) is 22.3. The van der Waals surface area contributed by atoms with Crippen molar-refractivity contribution in [3.63, 3.8) is 0 Å². The second kappa shape index (κ2) is 10.6. The molecule has 4 aromatic rings. The maximum atomic E-state index is 12.8. The molecule has 0 spiro atoms. The number of aromatic nitrogens is 2. The predicted molar refractivity (Wildman–Crippen MR) is 132 cm³/mol. The Morgan fingerprint density at radius 1 is 0.875 bits per heavy atom. The Labute approximate surface area is 192 Å². The molecule has 0 saturated heterocycles. The van der Waals surface area contributed by atoms with Crippen LogP contribution in [-0.4, -0.2) is 46.0 Å². The second-order valence-corrected chi connectivity index (χ2v) is 8.70. The fourth-order valence-electron chi connectivity index (χ4n) is 3.90. The van der Waals surface area contributed by atoms with Crippen LogP contribution in [0.4, 0.5) is 0 Å². The van der Waals surface area contributed by atoms with Gasteiger partial charge in [0.2, 0.25) is 0 Å². The van der Waals surface area contributed by atoms with Gasteiger partial charge in [-0.2, -0.15) is 11.8 Å². The molecule has 0 aliphatic rings. The highest BCUT2D eigenvalue weighted by Crippen LogP contribution is 2.20. The van der Waals surface area contributed by atoms with Gasteiger partial charge in [-0.25, -0.2) is 0 Å². The first kappa shape index (κ1) is 22.2. The number of carbonyl (C=O) groups excluding carboxylic acids is 1. The molecule has 0 saturated carbocycles. The van der Waals surface area contributed by atoms with Crippen molar-refractivity contribution in [3.05, 3.63) is 84.2 Å². The number of fused-ring (bicyclic) bond motifs is 2. The van der Waals surface area contributed by atoms with Gasteiger partial charge in [-0.3, -0.25) is 19.7 Å². The van der Waals surface area contributed by atoms with Crippen molar-refractivity contribution in [3.8, 4) is 0 Å². The lowest BCUT2D eigenvalue weighted by atomic mass is 10.1. The predicted octanol–water partition coefficient (Wildman–Crippen LogP) is 5.08. The summed E-state index contributed by atoms with van der Waals surface area (Å²) < 4.78 is 5.18. The van der Waals surface area contributed by atoms with Gasteiger partial charge in [-0.05, 0) is 42.7 Å². The Hall–Kier alpha value is -2.96. The van der Waals surface area contributed by atoms with Gasteiger partial charge >= 0.3 is 5.97 Å². The molecule has 2 aromatic heterocycles. The van der Waals surface area contributed by atoms with Crippen LogP contribution in [0, 0.1) is 0 Å². The summed E-state index contributed by atoms with van der Waals surface area (Å²) in [5, 5.41) is 2.21. The molecule has 0 unspecified atom stereocenters. The van der Waals surface area contributed by atoms with Crippen LogP contribution in [0.3, 0.4) is 0 Å². The topological polar surface area (TPSA) is 55.3 Å². The molecule has 2 aromatic carbocycles. The summed E-state index contributed by atoms with van der Waals surface area (Å²) >= 11 is 1.73. The number of hydrogen-bond donors (Lipinski definition) is 0. The standard InChI is InChI=1S/C26H27N3O2S/c1-31-26(30)25(15-16-32-2)29(17-21-13-11-19-7-3-5-9-23(19)27-21)18-22-14-12-20-8-4-6-10-24(20)28-22/h3-14,25H,15-18H2,1-2H3/t25-/m0/s1. The third kappa shape index (κ3) is 5.26. The maximum Gasteiger partial charge on any atom is 0.323 e. The molecule has 0 N–H and O–H groups in total. The number of nitrogens with zero attached hydrogens (tertiary/aromatic N) is 3. The number of hydrogen-bond acceptors (Lipinski definition) is 6. The lowest BCUT2D eigenvalue weighted by Gasteiger charge is -2.29. The van der Waals surface area contributed by atoms with E-state index in [9.17, 15) is 4.79 Å². The minimum Gasteiger partial charge on any atom is -0.468 e. The van der Waals surface area contributed by atoms with Gasteiger partial charge in [0.1, 0.15) is 6.04 Å². The Kier molecular flexibility index (Phi) is 7.35. The number of pyridine rings is 2. The van der Waals surface area contributed by atoms with Gasteiger partial charge in [0.25, 0.3) is 0 Å². The lowest BCUT2D eigenvalue weighted by molar-refractivity contribution is -0.147. The van der Waals surface area contributed by atoms with Crippen molar-refractivity contribution in [2.75, 3.05) is 19.1 Å². The number of methoxy groups -OCH3 is 1. The Morgan fingerprint density at radius 3 is 1.91 bits per heavy atom. The minimum atomic E-state index is -0.367. The normalized spacial score (nSPS) is 12.3. The summed E-state index contributed by atoms with van der Waals surface area (Å²) in [6.45, 7) is 1.07. The summed E-state index contributed by atoms with van der Waals surface area (Å²) in [6, 6.07) is 24.0. The molecule has 2 heterocycles. The van der Waals surface area contributed by atoms with Crippen LogP contribution >= 0.6 is 11.8 Å². The molecule has 1 atom stereocenters. The van der Waals surface area contributed by atoms with Crippen molar-refractivity contribution in [2.24, 2.45) is 0 Å². The van der Waals surface area contributed by atoms with E-state index in [0.29, 0.717) is 19.5 Å². The van der Waals surface area contributed by atoms with Crippen molar-refractivity contribution in [2.45, 2.75) is 25.6 Å². The van der Waals surface area contributed by atoms with Gasteiger partial charge in [0.05, 0.1) is 29.5 Å². The minimum absolute atomic E-state index is 0.222. The number of thioether (sulfide) groups is 1. The van der Waals surface area contributed by atoms with E-state index in [0.717, 1.165) is 38.9 Å². The fraction of sp³-hybridized carbons (Fsp3) is 0.269. The van der Waals surface area contributed by atoms with E-state index in [-0.39, 0.29) is 12.0 Å². The van der Waals surface area contributed by atoms with E-state index in [2.05, 4.69) is 35.4 Å². The van der Waals surface area contributed by atoms with Gasteiger partial charge in [-0.1, -0.05) is 48.5 Å². The highest BCUT2D eigenvalue weighted by Gasteiger charge is 2.27. The average molecular weight is 446 g/mol. The van der Waals surface area contributed by atoms with E-state index >= 15 is 0 Å². The third-order valence-electron chi connectivity index (χ3n) is 5.55. The summed E-state index contributed by atoms with van der Waals surface area (Å²) in [6.07, 6.45) is 2.75. The Bertz CT molecular complexity index is 1130. The second-order valence-electron chi connectivity index (χ2n) is 7.72. The molecule has 0 radical (unpaired) electrons. The van der Waals surface area contributed by atoms with Gasteiger partial charge in [-0.15, -0.1) is 0 Å². The van der Waals surface area contributed by atoms with Crippen molar-refractivity contribution in [1.82, 2.24) is 14.9 Å². The molecule has 6 heteroatoms. The first-order chi connectivity index (χ1) is 15.7. The molecule has 164 valence electrons. The molecule has 0 aliphatic heterocycles. The molecule has 0 aliphatic carbocycles. The third-order valence-corrected chi connectivity index (χ3v) is 6.20. The smallest absolute Gasteiger partial charge is 0.323 e. The van der Waals surface area contributed by atoms with Crippen LogP contribution in [0.2, 0.25) is 0 Å². The van der Waals surface area contributed by atoms with Crippen molar-refractivity contribution < 1.29 is 9.53 Å². The summed E-state index contributed by atoms with van der Waals surface area (Å²) in [7, 11) is 1.45. The van der Waals surface area contributed by atoms with Crippen molar-refractivity contribution in [1.29, 1.82) is 0 Å². The van der Waals surface area contributed by atoms with E-state index < -0.39 is 0 Å². The largest absolute Gasteiger partial charge is 0.468 e. The van der Waals surface area contributed by atoms with Crippen LogP contribution in [-0.2, 0) is 22.6 Å². The molecule has 4 rings (SSSR count). The molecular weight excluding hydrogens is 418 g/mol. The number of rotatable bonds is 9. The maximum absolute atomic E-state index is 12.8. The van der Waals surface area contributed by atoms with Crippen LogP contribution in [0.25, 0.3) is 21.8 Å². The zero-order valence-corrected chi connectivity index (χ0v) is 19.2. The SMILES string of the molecule is COC(=O)[C@H](CCSC)N(Cc1ccc2ccccc2n1)Cc1ccc2ccccc2n1. The first-order valence-corrected chi connectivity index (χ1v) is 12.1. The van der Waals surface area contributed by atoms with Gasteiger partial charge in [0.15, 0.2) is 0 Å². The number of ether oxygens (including phenoxy) is 1. The van der Waals surface area contributed by atoms with E-state index in [1.165, 1.54) is 7.11 Å². The van der Waals surface area contributed by atoms with Crippen LogP contribution in [0.15, 0.2) is 72.8 Å². The zero-order valence-electron chi connectivity index (χ0n) is 18.4. The highest BCUT2D eigenvalue weighted by molar-refractivity contribution is 7.98. The monoisotopic (exact) mass is 445 g/mol. The Balaban J connectivity index is 1.67. The number of para-hydroxylation sites is 2. The van der Waals surface area contributed by atoms with Crippen LogP contribution < -0.4 is 0 Å². The van der Waals surface area contributed by atoms with Crippen molar-refractivity contribution >= 4 is 39.5 Å². The summed E-state index contributed by atoms with van der Waals surface area (Å²) in [5.74, 6) is 0.646. The first-order valence-electron chi connectivity index (χ1n) is 10.7. The van der Waals surface area contributed by atoms with E-state index in [4.69, 9.17) is 14.7 Å². The number of carbonyl (C=O) groups is 1. The Morgan fingerprint density at radius 2 is 1.41 bits per heavy atom. The molecule has 32 heavy (non-hydrogen) atoms. The van der Waals surface area contributed by atoms with Crippen LogP contribution in [0.1, 0.15) is 17.8 Å². The molecule has 0 fully saturated rings. The number of esters is 1. The van der Waals surface area contributed by atoms with E-state index in [1.807, 2.05) is 48.5 Å². The van der Waals surface area contributed by atoms with Gasteiger partial charge in [0, 0.05) is 23.9 Å². The molecule has 0 amide bonds. The van der Waals surface area contributed by atoms with E-state index in [1.54, 1.807) is 11.8 Å². The van der Waals surface area contributed by atoms with Crippen LogP contribution in [0.5, 0.6) is 0 Å². The summed E-state index contributed by atoms with van der Waals surface area (Å²) in [5.41, 5.74) is 3.74. The molecule has 0 bridgehead atoms. The summed E-state index contributed by atoms with van der Waals surface area (Å²) in [4.78, 5) is 24.6. The lowest BCUT2D eigenvalue weighted by Crippen LogP contribution is -2.42.